The number of hydrogen-bond donors (Lipinski definition) is 2. The van der Waals surface area contributed by atoms with E-state index in [1.54, 1.807) is 6.07 Å². The van der Waals surface area contributed by atoms with Crippen molar-refractivity contribution in [2.45, 2.75) is 51.5 Å². The standard InChI is InChI=1S/C16H25N3O2/c1-11(2)14-9-12(10-15(17)18-14)16(21)19-7-3-5-13(19)6-4-8-20/h9-11,13,20H,3-8H2,1-2H3,(H2,17,18). The van der Waals surface area contributed by atoms with Gasteiger partial charge in [0.2, 0.25) is 0 Å². The predicted molar refractivity (Wildman–Crippen MR) is 83.1 cm³/mol. The van der Waals surface area contributed by atoms with Gasteiger partial charge in [-0.3, -0.25) is 4.79 Å². The van der Waals surface area contributed by atoms with Crippen LogP contribution in [-0.4, -0.2) is 40.1 Å². The van der Waals surface area contributed by atoms with E-state index < -0.39 is 0 Å². The molecule has 2 heterocycles. The van der Waals surface area contributed by atoms with Crippen LogP contribution in [-0.2, 0) is 0 Å². The van der Waals surface area contributed by atoms with E-state index in [0.29, 0.717) is 11.4 Å². The third-order valence-corrected chi connectivity index (χ3v) is 4.04. The predicted octanol–water partition coefficient (Wildman–Crippen LogP) is 2.16. The van der Waals surface area contributed by atoms with Crippen molar-refractivity contribution < 1.29 is 9.90 Å². The number of carbonyl (C=O) groups is 1. The second kappa shape index (κ2) is 6.89. The summed E-state index contributed by atoms with van der Waals surface area (Å²) in [5, 5.41) is 8.97. The van der Waals surface area contributed by atoms with Crippen molar-refractivity contribution in [2.75, 3.05) is 18.9 Å². The van der Waals surface area contributed by atoms with Gasteiger partial charge in [-0.1, -0.05) is 13.8 Å². The number of carbonyl (C=O) groups excluding carboxylic acids is 1. The summed E-state index contributed by atoms with van der Waals surface area (Å²) < 4.78 is 0. The third kappa shape index (κ3) is 3.73. The largest absolute Gasteiger partial charge is 0.396 e. The lowest BCUT2D eigenvalue weighted by Crippen LogP contribution is -2.35. The summed E-state index contributed by atoms with van der Waals surface area (Å²) in [6, 6.07) is 3.75. The maximum Gasteiger partial charge on any atom is 0.254 e. The normalized spacial score (nSPS) is 18.5. The summed E-state index contributed by atoms with van der Waals surface area (Å²) in [5.74, 6) is 0.672. The van der Waals surface area contributed by atoms with Crippen LogP contribution >= 0.6 is 0 Å². The van der Waals surface area contributed by atoms with Crippen LogP contribution in [0.5, 0.6) is 0 Å². The van der Waals surface area contributed by atoms with Crippen molar-refractivity contribution in [1.29, 1.82) is 0 Å². The Morgan fingerprint density at radius 2 is 2.29 bits per heavy atom. The number of likely N-dealkylation sites (tertiary alicyclic amines) is 1. The molecular weight excluding hydrogens is 266 g/mol. The molecule has 1 aromatic heterocycles. The van der Waals surface area contributed by atoms with Gasteiger partial charge in [0, 0.05) is 30.5 Å². The van der Waals surface area contributed by atoms with E-state index in [1.165, 1.54) is 0 Å². The van der Waals surface area contributed by atoms with E-state index in [4.69, 9.17) is 10.8 Å². The van der Waals surface area contributed by atoms with Crippen molar-refractivity contribution in [2.24, 2.45) is 0 Å². The zero-order chi connectivity index (χ0) is 15.4. The molecular formula is C16H25N3O2. The van der Waals surface area contributed by atoms with Crippen LogP contribution in [0.25, 0.3) is 0 Å². The molecule has 116 valence electrons. The number of nitrogen functional groups attached to an aromatic ring is 1. The van der Waals surface area contributed by atoms with Crippen LogP contribution < -0.4 is 5.73 Å². The fraction of sp³-hybridized carbons (Fsp3) is 0.625. The molecule has 1 aliphatic heterocycles. The average molecular weight is 291 g/mol. The van der Waals surface area contributed by atoms with E-state index in [9.17, 15) is 4.79 Å². The molecule has 2 rings (SSSR count). The lowest BCUT2D eigenvalue weighted by Gasteiger charge is -2.25. The van der Waals surface area contributed by atoms with E-state index in [1.807, 2.05) is 24.8 Å². The van der Waals surface area contributed by atoms with Crippen LogP contribution in [0.1, 0.15) is 61.5 Å². The Morgan fingerprint density at radius 1 is 1.52 bits per heavy atom. The fourth-order valence-corrected chi connectivity index (χ4v) is 2.89. The lowest BCUT2D eigenvalue weighted by molar-refractivity contribution is 0.0724. The highest BCUT2D eigenvalue weighted by atomic mass is 16.3. The first-order valence-electron chi connectivity index (χ1n) is 7.72. The molecule has 1 saturated heterocycles. The van der Waals surface area contributed by atoms with Crippen LogP contribution in [0.2, 0.25) is 0 Å². The maximum atomic E-state index is 12.7. The van der Waals surface area contributed by atoms with Crippen LogP contribution in [0.3, 0.4) is 0 Å². The van der Waals surface area contributed by atoms with Gasteiger partial charge in [-0.05, 0) is 43.7 Å². The van der Waals surface area contributed by atoms with E-state index in [-0.39, 0.29) is 24.5 Å². The molecule has 0 bridgehead atoms. The fourth-order valence-electron chi connectivity index (χ4n) is 2.89. The monoisotopic (exact) mass is 291 g/mol. The Hall–Kier alpha value is -1.62. The third-order valence-electron chi connectivity index (χ3n) is 4.04. The van der Waals surface area contributed by atoms with Gasteiger partial charge in [0.25, 0.3) is 5.91 Å². The molecule has 0 aromatic carbocycles. The Balaban J connectivity index is 2.19. The maximum absolute atomic E-state index is 12.7. The Labute approximate surface area is 126 Å². The number of anilines is 1. The number of aliphatic hydroxyl groups is 1. The zero-order valence-electron chi connectivity index (χ0n) is 12.9. The smallest absolute Gasteiger partial charge is 0.254 e. The molecule has 0 spiro atoms. The molecule has 1 unspecified atom stereocenters. The van der Waals surface area contributed by atoms with Gasteiger partial charge in [-0.15, -0.1) is 0 Å². The van der Waals surface area contributed by atoms with Gasteiger partial charge < -0.3 is 15.7 Å². The number of aliphatic hydroxyl groups excluding tert-OH is 1. The lowest BCUT2D eigenvalue weighted by atomic mass is 10.1. The molecule has 21 heavy (non-hydrogen) atoms. The van der Waals surface area contributed by atoms with Gasteiger partial charge in [-0.25, -0.2) is 4.98 Å². The zero-order valence-corrected chi connectivity index (χ0v) is 12.9. The molecule has 1 amide bonds. The number of aromatic nitrogens is 1. The number of hydrogen-bond acceptors (Lipinski definition) is 4. The average Bonchev–Trinajstić information content (AvgIpc) is 2.91. The highest BCUT2D eigenvalue weighted by molar-refractivity contribution is 5.95. The SMILES string of the molecule is CC(C)c1cc(C(=O)N2CCCC2CCCO)cc(N)n1. The van der Waals surface area contributed by atoms with Crippen LogP contribution in [0.15, 0.2) is 12.1 Å². The number of rotatable bonds is 5. The van der Waals surface area contributed by atoms with Crippen molar-refractivity contribution in [3.05, 3.63) is 23.4 Å². The number of nitrogens with two attached hydrogens (primary N) is 1. The molecule has 3 N–H and O–H groups in total. The first-order chi connectivity index (χ1) is 10.0. The van der Waals surface area contributed by atoms with E-state index >= 15 is 0 Å². The number of nitrogens with zero attached hydrogens (tertiary/aromatic N) is 2. The highest BCUT2D eigenvalue weighted by Gasteiger charge is 2.29. The van der Waals surface area contributed by atoms with Crippen LogP contribution in [0.4, 0.5) is 5.82 Å². The summed E-state index contributed by atoms with van der Waals surface area (Å²) in [4.78, 5) is 18.9. The molecule has 5 heteroatoms. The second-order valence-corrected chi connectivity index (χ2v) is 6.02. The molecule has 1 atom stereocenters. The molecule has 0 radical (unpaired) electrons. The van der Waals surface area contributed by atoms with Gasteiger partial charge in [0.1, 0.15) is 5.82 Å². The summed E-state index contributed by atoms with van der Waals surface area (Å²) in [6.45, 7) is 5.04. The molecule has 0 saturated carbocycles. The summed E-state index contributed by atoms with van der Waals surface area (Å²) >= 11 is 0. The van der Waals surface area contributed by atoms with Crippen molar-refractivity contribution >= 4 is 11.7 Å². The molecule has 1 aromatic rings. The number of amides is 1. The first-order valence-corrected chi connectivity index (χ1v) is 7.72. The highest BCUT2D eigenvalue weighted by Crippen LogP contribution is 2.25. The van der Waals surface area contributed by atoms with Gasteiger partial charge in [0.05, 0.1) is 0 Å². The summed E-state index contributed by atoms with van der Waals surface area (Å²) in [6.07, 6.45) is 3.65. The van der Waals surface area contributed by atoms with E-state index in [0.717, 1.165) is 37.9 Å². The molecule has 5 nitrogen and oxygen atoms in total. The molecule has 0 aliphatic carbocycles. The van der Waals surface area contributed by atoms with Gasteiger partial charge >= 0.3 is 0 Å². The van der Waals surface area contributed by atoms with Crippen molar-refractivity contribution in [1.82, 2.24) is 9.88 Å². The Morgan fingerprint density at radius 3 is 2.95 bits per heavy atom. The van der Waals surface area contributed by atoms with E-state index in [2.05, 4.69) is 4.98 Å². The number of pyridine rings is 1. The topological polar surface area (TPSA) is 79.5 Å². The van der Waals surface area contributed by atoms with Crippen molar-refractivity contribution in [3.8, 4) is 0 Å². The molecule has 1 aliphatic rings. The minimum Gasteiger partial charge on any atom is -0.396 e. The Bertz CT molecular complexity index is 502. The second-order valence-electron chi connectivity index (χ2n) is 6.02. The molecule has 1 fully saturated rings. The van der Waals surface area contributed by atoms with Gasteiger partial charge in [-0.2, -0.15) is 0 Å². The van der Waals surface area contributed by atoms with Crippen LogP contribution in [0, 0.1) is 0 Å². The van der Waals surface area contributed by atoms with Crippen molar-refractivity contribution in [3.63, 3.8) is 0 Å². The quantitative estimate of drug-likeness (QED) is 0.871. The van der Waals surface area contributed by atoms with Gasteiger partial charge in [0.15, 0.2) is 0 Å². The summed E-state index contributed by atoms with van der Waals surface area (Å²) in [7, 11) is 0. The minimum absolute atomic E-state index is 0.0337. The Kier molecular flexibility index (Phi) is 5.17. The first kappa shape index (κ1) is 15.8. The summed E-state index contributed by atoms with van der Waals surface area (Å²) in [5.41, 5.74) is 7.31. The minimum atomic E-state index is 0.0337.